The van der Waals surface area contributed by atoms with E-state index in [0.717, 1.165) is 6.04 Å². The zero-order valence-electron chi connectivity index (χ0n) is 12.4. The van der Waals surface area contributed by atoms with Crippen LogP contribution in [0.3, 0.4) is 0 Å². The number of hydrogen-bond acceptors (Lipinski definition) is 2. The Balaban J connectivity index is 2.28. The fourth-order valence-corrected chi connectivity index (χ4v) is 4.16. The quantitative estimate of drug-likeness (QED) is 0.711. The Morgan fingerprint density at radius 3 is 2.18 bits per heavy atom. The molecule has 0 bridgehead atoms. The topological polar surface area (TPSA) is 12.0 Å². The molecule has 1 N–H and O–H groups in total. The molecular formula is C15H31NS. The van der Waals surface area contributed by atoms with Crippen LogP contribution in [0.2, 0.25) is 0 Å². The summed E-state index contributed by atoms with van der Waals surface area (Å²) in [6.07, 6.45) is 8.94. The van der Waals surface area contributed by atoms with Gasteiger partial charge in [0.2, 0.25) is 0 Å². The van der Waals surface area contributed by atoms with E-state index in [9.17, 15) is 0 Å². The predicted molar refractivity (Wildman–Crippen MR) is 80.8 cm³/mol. The largest absolute Gasteiger partial charge is 0.314 e. The maximum absolute atomic E-state index is 3.78. The Morgan fingerprint density at radius 2 is 1.65 bits per heavy atom. The van der Waals surface area contributed by atoms with E-state index in [1.807, 2.05) is 11.8 Å². The minimum atomic E-state index is 0.513. The summed E-state index contributed by atoms with van der Waals surface area (Å²) in [5.74, 6) is 1.31. The summed E-state index contributed by atoms with van der Waals surface area (Å²) in [5.41, 5.74) is 1.03. The van der Waals surface area contributed by atoms with Gasteiger partial charge in [-0.05, 0) is 61.5 Å². The Kier molecular flexibility index (Phi) is 5.85. The van der Waals surface area contributed by atoms with Crippen LogP contribution in [0.25, 0.3) is 0 Å². The van der Waals surface area contributed by atoms with Crippen molar-refractivity contribution < 1.29 is 0 Å². The molecule has 0 spiro atoms. The van der Waals surface area contributed by atoms with Crippen LogP contribution in [-0.4, -0.2) is 24.6 Å². The number of hydrogen-bond donors (Lipinski definition) is 1. The molecule has 0 saturated heterocycles. The lowest BCUT2D eigenvalue weighted by Crippen LogP contribution is -2.44. The van der Waals surface area contributed by atoms with E-state index in [4.69, 9.17) is 0 Å². The molecule has 0 radical (unpaired) electrons. The van der Waals surface area contributed by atoms with Crippen LogP contribution in [0.15, 0.2) is 0 Å². The maximum atomic E-state index is 3.78. The third kappa shape index (κ3) is 6.15. The van der Waals surface area contributed by atoms with Crippen molar-refractivity contribution in [3.05, 3.63) is 0 Å². The zero-order chi connectivity index (χ0) is 12.9. The molecule has 2 heteroatoms. The molecule has 1 aliphatic carbocycles. The fourth-order valence-electron chi connectivity index (χ4n) is 3.67. The molecule has 17 heavy (non-hydrogen) atoms. The molecule has 0 heterocycles. The molecule has 0 aromatic carbocycles. The first-order valence-electron chi connectivity index (χ1n) is 7.07. The lowest BCUT2D eigenvalue weighted by atomic mass is 9.63. The highest BCUT2D eigenvalue weighted by Crippen LogP contribution is 2.45. The van der Waals surface area contributed by atoms with Crippen LogP contribution in [0.1, 0.15) is 59.8 Å². The highest BCUT2D eigenvalue weighted by atomic mass is 32.2. The molecule has 0 aliphatic heterocycles. The van der Waals surface area contributed by atoms with Gasteiger partial charge < -0.3 is 5.32 Å². The molecule has 102 valence electrons. The van der Waals surface area contributed by atoms with Crippen LogP contribution in [0.4, 0.5) is 0 Å². The molecule has 1 fully saturated rings. The zero-order valence-corrected chi connectivity index (χ0v) is 13.3. The van der Waals surface area contributed by atoms with Crippen molar-refractivity contribution >= 4 is 11.8 Å². The third-order valence-corrected chi connectivity index (χ3v) is 4.46. The highest BCUT2D eigenvalue weighted by molar-refractivity contribution is 7.98. The molecule has 0 aromatic heterocycles. The van der Waals surface area contributed by atoms with Gasteiger partial charge in [0.25, 0.3) is 0 Å². The number of thioether (sulfide) groups is 1. The highest BCUT2D eigenvalue weighted by Gasteiger charge is 2.37. The van der Waals surface area contributed by atoms with E-state index in [1.165, 1.54) is 44.4 Å². The van der Waals surface area contributed by atoms with Gasteiger partial charge in [-0.1, -0.05) is 27.7 Å². The SMILES string of the molecule is CSCCCCNC1CC(C)(C)CC(C)(C)C1. The van der Waals surface area contributed by atoms with Crippen molar-refractivity contribution in [3.8, 4) is 0 Å². The number of unbranched alkanes of at least 4 members (excludes halogenated alkanes) is 1. The van der Waals surface area contributed by atoms with Crippen molar-refractivity contribution in [2.75, 3.05) is 18.6 Å². The average molecular weight is 257 g/mol. The average Bonchev–Trinajstić information content (AvgIpc) is 2.12. The molecular weight excluding hydrogens is 226 g/mol. The predicted octanol–water partition coefficient (Wildman–Crippen LogP) is 4.32. The van der Waals surface area contributed by atoms with E-state index in [2.05, 4.69) is 39.3 Å². The van der Waals surface area contributed by atoms with Crippen LogP contribution in [0, 0.1) is 10.8 Å². The number of rotatable bonds is 6. The standard InChI is InChI=1S/C15H31NS/c1-14(2)10-13(11-15(3,4)12-14)16-8-6-7-9-17-5/h13,16H,6-12H2,1-5H3. The van der Waals surface area contributed by atoms with Gasteiger partial charge in [0.15, 0.2) is 0 Å². The molecule has 1 rings (SSSR count). The van der Waals surface area contributed by atoms with E-state index in [1.54, 1.807) is 0 Å². The van der Waals surface area contributed by atoms with Gasteiger partial charge in [-0.25, -0.2) is 0 Å². The summed E-state index contributed by atoms with van der Waals surface area (Å²) < 4.78 is 0. The van der Waals surface area contributed by atoms with Gasteiger partial charge in [0, 0.05) is 6.04 Å². The van der Waals surface area contributed by atoms with Crippen molar-refractivity contribution in [2.24, 2.45) is 10.8 Å². The number of nitrogens with one attached hydrogen (secondary N) is 1. The van der Waals surface area contributed by atoms with E-state index < -0.39 is 0 Å². The van der Waals surface area contributed by atoms with Gasteiger partial charge >= 0.3 is 0 Å². The minimum absolute atomic E-state index is 0.513. The van der Waals surface area contributed by atoms with Gasteiger partial charge in [0.05, 0.1) is 0 Å². The summed E-state index contributed by atoms with van der Waals surface area (Å²) >= 11 is 1.96. The van der Waals surface area contributed by atoms with E-state index in [0.29, 0.717) is 10.8 Å². The van der Waals surface area contributed by atoms with Gasteiger partial charge in [-0.2, -0.15) is 11.8 Å². The first-order chi connectivity index (χ1) is 7.85. The molecule has 1 nitrogen and oxygen atoms in total. The van der Waals surface area contributed by atoms with E-state index in [-0.39, 0.29) is 0 Å². The summed E-state index contributed by atoms with van der Waals surface area (Å²) in [4.78, 5) is 0. The first-order valence-corrected chi connectivity index (χ1v) is 8.46. The Labute approximate surface area is 113 Å². The molecule has 0 unspecified atom stereocenters. The van der Waals surface area contributed by atoms with E-state index >= 15 is 0 Å². The summed E-state index contributed by atoms with van der Waals surface area (Å²) in [6, 6.07) is 0.739. The Bertz CT molecular complexity index is 207. The second-order valence-electron chi connectivity index (χ2n) is 7.26. The fraction of sp³-hybridized carbons (Fsp3) is 1.00. The van der Waals surface area contributed by atoms with Crippen molar-refractivity contribution in [1.29, 1.82) is 0 Å². The van der Waals surface area contributed by atoms with Gasteiger partial charge in [-0.3, -0.25) is 0 Å². The Hall–Kier alpha value is 0.310. The first kappa shape index (κ1) is 15.4. The van der Waals surface area contributed by atoms with Crippen molar-refractivity contribution in [3.63, 3.8) is 0 Å². The monoisotopic (exact) mass is 257 g/mol. The Morgan fingerprint density at radius 1 is 1.06 bits per heavy atom. The van der Waals surface area contributed by atoms with Crippen LogP contribution < -0.4 is 5.32 Å². The minimum Gasteiger partial charge on any atom is -0.314 e. The summed E-state index contributed by atoms with van der Waals surface area (Å²) in [7, 11) is 0. The molecule has 1 saturated carbocycles. The lowest BCUT2D eigenvalue weighted by molar-refractivity contribution is 0.0851. The second-order valence-corrected chi connectivity index (χ2v) is 8.25. The smallest absolute Gasteiger partial charge is 0.00772 e. The third-order valence-electron chi connectivity index (χ3n) is 3.76. The molecule has 0 atom stereocenters. The van der Waals surface area contributed by atoms with Gasteiger partial charge in [-0.15, -0.1) is 0 Å². The van der Waals surface area contributed by atoms with Crippen LogP contribution in [-0.2, 0) is 0 Å². The van der Waals surface area contributed by atoms with Crippen LogP contribution >= 0.6 is 11.8 Å². The lowest BCUT2D eigenvalue weighted by Gasteiger charge is -2.45. The molecule has 1 aliphatic rings. The second kappa shape index (κ2) is 6.47. The maximum Gasteiger partial charge on any atom is 0.00772 e. The van der Waals surface area contributed by atoms with Crippen molar-refractivity contribution in [2.45, 2.75) is 65.8 Å². The molecule has 0 aromatic rings. The summed E-state index contributed by atoms with van der Waals surface area (Å²) in [6.45, 7) is 10.9. The molecule has 0 amide bonds. The summed E-state index contributed by atoms with van der Waals surface area (Å²) in [5, 5.41) is 3.78. The van der Waals surface area contributed by atoms with Crippen molar-refractivity contribution in [1.82, 2.24) is 5.32 Å². The van der Waals surface area contributed by atoms with Gasteiger partial charge in [0.1, 0.15) is 0 Å². The van der Waals surface area contributed by atoms with Crippen LogP contribution in [0.5, 0.6) is 0 Å². The normalized spacial score (nSPS) is 23.8.